The molecule has 28 heavy (non-hydrogen) atoms. The maximum Gasteiger partial charge on any atom is 0.249 e. The highest BCUT2D eigenvalue weighted by Gasteiger charge is 2.32. The fraction of sp³-hybridized carbons (Fsp3) is 0.150. The molecule has 0 saturated carbocycles. The highest BCUT2D eigenvalue weighted by molar-refractivity contribution is 6.01. The Morgan fingerprint density at radius 2 is 2.04 bits per heavy atom. The second-order valence-corrected chi connectivity index (χ2v) is 6.36. The van der Waals surface area contributed by atoms with Gasteiger partial charge in [0.1, 0.15) is 23.4 Å². The van der Waals surface area contributed by atoms with E-state index in [1.54, 1.807) is 49.6 Å². The Balaban J connectivity index is 1.63. The zero-order chi connectivity index (χ0) is 19.7. The van der Waals surface area contributed by atoms with Crippen molar-refractivity contribution in [2.24, 2.45) is 0 Å². The first-order valence-corrected chi connectivity index (χ1v) is 8.64. The maximum absolute atomic E-state index is 13.2. The van der Waals surface area contributed by atoms with Crippen molar-refractivity contribution in [3.05, 3.63) is 60.4 Å². The molecule has 0 fully saturated rings. The Kier molecular flexibility index (Phi) is 4.52. The van der Waals surface area contributed by atoms with Crippen molar-refractivity contribution < 1.29 is 18.7 Å². The van der Waals surface area contributed by atoms with Gasteiger partial charge in [0.05, 0.1) is 19.2 Å². The summed E-state index contributed by atoms with van der Waals surface area (Å²) >= 11 is 0. The minimum absolute atomic E-state index is 0.0344. The molecule has 2 aromatic carbocycles. The molecule has 2 N–H and O–H groups in total. The van der Waals surface area contributed by atoms with Crippen molar-refractivity contribution in [3.8, 4) is 17.0 Å². The Bertz CT molecular complexity index is 1050. The number of hydrogen-bond donors (Lipinski definition) is 2. The molecule has 0 spiro atoms. The smallest absolute Gasteiger partial charge is 0.249 e. The van der Waals surface area contributed by atoms with E-state index in [0.717, 1.165) is 0 Å². The van der Waals surface area contributed by atoms with Crippen LogP contribution in [-0.2, 0) is 9.59 Å². The first-order valence-electron chi connectivity index (χ1n) is 8.64. The van der Waals surface area contributed by atoms with Gasteiger partial charge in [0.15, 0.2) is 0 Å². The maximum atomic E-state index is 13.2. The van der Waals surface area contributed by atoms with Crippen LogP contribution in [0.2, 0.25) is 0 Å². The van der Waals surface area contributed by atoms with E-state index in [1.807, 2.05) is 0 Å². The van der Waals surface area contributed by atoms with E-state index in [1.165, 1.54) is 16.8 Å². The third-order valence-corrected chi connectivity index (χ3v) is 4.46. The van der Waals surface area contributed by atoms with E-state index < -0.39 is 6.04 Å². The summed E-state index contributed by atoms with van der Waals surface area (Å²) < 4.78 is 19.8. The number of halogens is 1. The zero-order valence-electron chi connectivity index (χ0n) is 15.0. The van der Waals surface area contributed by atoms with Crippen LogP contribution < -0.4 is 15.4 Å². The topological polar surface area (TPSA) is 85.2 Å². The summed E-state index contributed by atoms with van der Waals surface area (Å²) in [6.07, 6.45) is -0.0344. The van der Waals surface area contributed by atoms with Crippen molar-refractivity contribution >= 4 is 23.3 Å². The fourth-order valence-electron chi connectivity index (χ4n) is 3.07. The van der Waals surface area contributed by atoms with Crippen LogP contribution in [0.1, 0.15) is 12.5 Å². The summed E-state index contributed by atoms with van der Waals surface area (Å²) in [4.78, 5) is 24.9. The lowest BCUT2D eigenvalue weighted by Crippen LogP contribution is -2.35. The van der Waals surface area contributed by atoms with Gasteiger partial charge < -0.3 is 15.4 Å². The lowest BCUT2D eigenvalue weighted by molar-refractivity contribution is -0.125. The van der Waals surface area contributed by atoms with Gasteiger partial charge >= 0.3 is 0 Å². The number of rotatable bonds is 4. The van der Waals surface area contributed by atoms with Crippen LogP contribution in [0.5, 0.6) is 5.75 Å². The van der Waals surface area contributed by atoms with Gasteiger partial charge in [-0.05, 0) is 36.4 Å². The molecule has 0 radical (unpaired) electrons. The molecule has 2 amide bonds. The average Bonchev–Trinajstić information content (AvgIpc) is 3.11. The van der Waals surface area contributed by atoms with E-state index in [9.17, 15) is 14.0 Å². The molecule has 2 heterocycles. The predicted molar refractivity (Wildman–Crippen MR) is 102 cm³/mol. The fourth-order valence-corrected chi connectivity index (χ4v) is 3.07. The molecule has 0 bridgehead atoms. The minimum atomic E-state index is -0.802. The quantitative estimate of drug-likeness (QED) is 0.728. The summed E-state index contributed by atoms with van der Waals surface area (Å²) in [6.45, 7) is 0. The van der Waals surface area contributed by atoms with Gasteiger partial charge in [-0.15, -0.1) is 0 Å². The van der Waals surface area contributed by atoms with Gasteiger partial charge in [-0.1, -0.05) is 6.07 Å². The second kappa shape index (κ2) is 7.15. The van der Waals surface area contributed by atoms with Gasteiger partial charge in [-0.3, -0.25) is 9.59 Å². The number of carbonyl (C=O) groups is 2. The molecular formula is C20H17FN4O3. The normalized spacial score (nSPS) is 15.5. The molecule has 1 aliphatic heterocycles. The molecule has 0 saturated heterocycles. The van der Waals surface area contributed by atoms with Crippen LogP contribution in [-0.4, -0.2) is 28.7 Å². The lowest BCUT2D eigenvalue weighted by atomic mass is 10.1. The third-order valence-electron chi connectivity index (χ3n) is 4.46. The van der Waals surface area contributed by atoms with E-state index in [4.69, 9.17) is 4.74 Å². The molecule has 1 unspecified atom stereocenters. The van der Waals surface area contributed by atoms with E-state index in [-0.39, 0.29) is 24.1 Å². The van der Waals surface area contributed by atoms with Gasteiger partial charge in [-0.2, -0.15) is 5.10 Å². The van der Waals surface area contributed by atoms with Crippen LogP contribution in [0.4, 0.5) is 15.9 Å². The van der Waals surface area contributed by atoms with Crippen LogP contribution in [0.25, 0.3) is 11.3 Å². The first-order chi connectivity index (χ1) is 13.5. The number of fused-ring (bicyclic) bond motifs is 1. The zero-order valence-corrected chi connectivity index (χ0v) is 15.0. The molecule has 7 nitrogen and oxygen atoms in total. The van der Waals surface area contributed by atoms with Gasteiger partial charge in [-0.25, -0.2) is 9.07 Å². The largest absolute Gasteiger partial charge is 0.497 e. The van der Waals surface area contributed by atoms with E-state index in [2.05, 4.69) is 15.7 Å². The predicted octanol–water partition coefficient (Wildman–Crippen LogP) is 3.22. The minimum Gasteiger partial charge on any atom is -0.497 e. The van der Waals surface area contributed by atoms with Gasteiger partial charge in [0.2, 0.25) is 11.8 Å². The molecular weight excluding hydrogens is 363 g/mol. The van der Waals surface area contributed by atoms with Crippen molar-refractivity contribution in [2.45, 2.75) is 12.5 Å². The Labute approximate surface area is 160 Å². The van der Waals surface area contributed by atoms with Crippen LogP contribution in [0.3, 0.4) is 0 Å². The molecule has 0 aliphatic carbocycles. The number of anilines is 2. The standard InChI is InChI=1S/C20H17FN4O3/c1-28-15-4-2-3-14(9-15)22-20(27)17-11-19(26)23-18-10-16(24-25(17)18)12-5-7-13(21)8-6-12/h2-10,17H,11H2,1H3,(H,22,27)(H,23,26). The number of benzene rings is 2. The van der Waals surface area contributed by atoms with Crippen LogP contribution in [0.15, 0.2) is 54.6 Å². The molecule has 3 aromatic rings. The highest BCUT2D eigenvalue weighted by Crippen LogP contribution is 2.30. The van der Waals surface area contributed by atoms with Crippen LogP contribution in [0, 0.1) is 5.82 Å². The Morgan fingerprint density at radius 3 is 2.79 bits per heavy atom. The van der Waals surface area contributed by atoms with Gasteiger partial charge in [0.25, 0.3) is 0 Å². The monoisotopic (exact) mass is 380 g/mol. The van der Waals surface area contributed by atoms with Gasteiger partial charge in [0, 0.05) is 23.4 Å². The number of amides is 2. The van der Waals surface area contributed by atoms with E-state index in [0.29, 0.717) is 28.5 Å². The Morgan fingerprint density at radius 1 is 1.25 bits per heavy atom. The van der Waals surface area contributed by atoms with Crippen LogP contribution >= 0.6 is 0 Å². The number of nitrogens with zero attached hydrogens (tertiary/aromatic N) is 2. The summed E-state index contributed by atoms with van der Waals surface area (Å²) in [5, 5.41) is 9.97. The van der Waals surface area contributed by atoms with Crippen molar-refractivity contribution in [1.82, 2.24) is 9.78 Å². The second-order valence-electron chi connectivity index (χ2n) is 6.36. The van der Waals surface area contributed by atoms with Crippen molar-refractivity contribution in [1.29, 1.82) is 0 Å². The molecule has 1 atom stereocenters. The summed E-state index contributed by atoms with van der Waals surface area (Å²) in [5.41, 5.74) is 1.78. The number of hydrogen-bond acceptors (Lipinski definition) is 4. The number of methoxy groups -OCH3 is 1. The number of ether oxygens (including phenoxy) is 1. The number of nitrogens with one attached hydrogen (secondary N) is 2. The third kappa shape index (κ3) is 3.44. The summed E-state index contributed by atoms with van der Waals surface area (Å²) in [7, 11) is 1.54. The Hall–Kier alpha value is -3.68. The lowest BCUT2D eigenvalue weighted by Gasteiger charge is -2.23. The summed E-state index contributed by atoms with van der Waals surface area (Å²) in [6, 6.07) is 13.7. The molecule has 4 rings (SSSR count). The highest BCUT2D eigenvalue weighted by atomic mass is 19.1. The number of aromatic nitrogens is 2. The summed E-state index contributed by atoms with van der Waals surface area (Å²) in [5.74, 6) is 0.0393. The average molecular weight is 380 g/mol. The first kappa shape index (κ1) is 17.7. The molecule has 142 valence electrons. The molecule has 8 heteroatoms. The molecule has 1 aromatic heterocycles. The molecule has 1 aliphatic rings. The van der Waals surface area contributed by atoms with Crippen molar-refractivity contribution in [3.63, 3.8) is 0 Å². The number of carbonyl (C=O) groups excluding carboxylic acids is 2. The SMILES string of the molecule is COc1cccc(NC(=O)C2CC(=O)Nc3cc(-c4ccc(F)cc4)nn32)c1. The van der Waals surface area contributed by atoms with Crippen molar-refractivity contribution in [2.75, 3.05) is 17.7 Å². The van der Waals surface area contributed by atoms with E-state index >= 15 is 0 Å².